The van der Waals surface area contributed by atoms with Crippen LogP contribution < -0.4 is 10.6 Å². The number of aromatic nitrogens is 5. The Morgan fingerprint density at radius 3 is 2.57 bits per heavy atom. The van der Waals surface area contributed by atoms with Gasteiger partial charge in [0.05, 0.1) is 29.1 Å². The van der Waals surface area contributed by atoms with Crippen molar-refractivity contribution < 1.29 is 18.7 Å². The standard InChI is InChI=1S/C24H18ClFN8O3/c1-13(18-9-16(26)12-29-21(18)25)37-24(36)31-22-20(32-33-34(22)2)19-8-5-15(11-28-19)23(35)30-17-6-3-14(10-27)4-7-17/h3-9,11-13H,1-2H3,(H,30,35)(H,31,36)/t13-/m1/s1. The first-order chi connectivity index (χ1) is 17.7. The molecule has 0 bridgehead atoms. The molecule has 0 aliphatic heterocycles. The van der Waals surface area contributed by atoms with Gasteiger partial charge in [0.25, 0.3) is 5.91 Å². The van der Waals surface area contributed by atoms with Crippen molar-refractivity contribution in [2.75, 3.05) is 10.6 Å². The van der Waals surface area contributed by atoms with Crippen LogP contribution in [0.25, 0.3) is 11.4 Å². The topological polar surface area (TPSA) is 148 Å². The van der Waals surface area contributed by atoms with E-state index in [1.807, 2.05) is 6.07 Å². The minimum Gasteiger partial charge on any atom is -0.441 e. The molecular formula is C24H18ClFN8O3. The predicted octanol–water partition coefficient (Wildman–Crippen LogP) is 4.50. The van der Waals surface area contributed by atoms with Crippen LogP contribution in [0.15, 0.2) is 54.9 Å². The summed E-state index contributed by atoms with van der Waals surface area (Å²) in [4.78, 5) is 33.0. The second-order valence-electron chi connectivity index (χ2n) is 7.69. The van der Waals surface area contributed by atoms with Crippen molar-refractivity contribution in [2.45, 2.75) is 13.0 Å². The average Bonchev–Trinajstić information content (AvgIpc) is 3.25. The number of carbonyl (C=O) groups is 2. The minimum atomic E-state index is -0.896. The van der Waals surface area contributed by atoms with Crippen LogP contribution in [0.1, 0.15) is 34.5 Å². The van der Waals surface area contributed by atoms with E-state index in [0.717, 1.165) is 12.3 Å². The van der Waals surface area contributed by atoms with Crippen LogP contribution >= 0.6 is 11.6 Å². The highest BCUT2D eigenvalue weighted by atomic mass is 35.5. The molecule has 1 aromatic carbocycles. The lowest BCUT2D eigenvalue weighted by Crippen LogP contribution is -2.19. The number of amides is 2. The van der Waals surface area contributed by atoms with E-state index in [0.29, 0.717) is 16.9 Å². The molecule has 4 rings (SSSR count). The summed E-state index contributed by atoms with van der Waals surface area (Å²) in [5.74, 6) is -0.833. The summed E-state index contributed by atoms with van der Waals surface area (Å²) in [6.07, 6.45) is 0.554. The largest absolute Gasteiger partial charge is 0.441 e. The van der Waals surface area contributed by atoms with Gasteiger partial charge >= 0.3 is 6.09 Å². The van der Waals surface area contributed by atoms with Gasteiger partial charge in [0.1, 0.15) is 17.1 Å². The van der Waals surface area contributed by atoms with Crippen LogP contribution in [-0.4, -0.2) is 37.0 Å². The monoisotopic (exact) mass is 520 g/mol. The Morgan fingerprint density at radius 1 is 1.14 bits per heavy atom. The van der Waals surface area contributed by atoms with Crippen LogP contribution in [0.3, 0.4) is 0 Å². The van der Waals surface area contributed by atoms with E-state index in [1.54, 1.807) is 43.4 Å². The smallest absolute Gasteiger partial charge is 0.413 e. The van der Waals surface area contributed by atoms with Crippen molar-refractivity contribution in [3.63, 3.8) is 0 Å². The maximum absolute atomic E-state index is 13.5. The number of benzene rings is 1. The molecule has 13 heteroatoms. The van der Waals surface area contributed by atoms with Crippen LogP contribution in [0.5, 0.6) is 0 Å². The Morgan fingerprint density at radius 2 is 1.89 bits per heavy atom. The van der Waals surface area contributed by atoms with Crippen molar-refractivity contribution >= 4 is 35.1 Å². The molecule has 0 fully saturated rings. The van der Waals surface area contributed by atoms with Gasteiger partial charge in [-0.2, -0.15) is 5.26 Å². The Balaban J connectivity index is 1.45. The zero-order valence-corrected chi connectivity index (χ0v) is 20.2. The number of hydrogen-bond donors (Lipinski definition) is 2. The Hall–Kier alpha value is -4.89. The third kappa shape index (κ3) is 5.85. The van der Waals surface area contributed by atoms with E-state index in [-0.39, 0.29) is 27.8 Å². The molecule has 4 aromatic rings. The number of ether oxygens (including phenoxy) is 1. The first kappa shape index (κ1) is 25.2. The molecule has 2 N–H and O–H groups in total. The third-order valence-electron chi connectivity index (χ3n) is 5.14. The highest BCUT2D eigenvalue weighted by molar-refractivity contribution is 6.30. The molecule has 0 saturated carbocycles. The summed E-state index contributed by atoms with van der Waals surface area (Å²) in [6, 6.07) is 12.7. The van der Waals surface area contributed by atoms with E-state index in [9.17, 15) is 14.0 Å². The van der Waals surface area contributed by atoms with Crippen LogP contribution in [0, 0.1) is 17.1 Å². The molecule has 3 heterocycles. The summed E-state index contributed by atoms with van der Waals surface area (Å²) >= 11 is 5.98. The zero-order valence-electron chi connectivity index (χ0n) is 19.4. The lowest BCUT2D eigenvalue weighted by molar-refractivity contribution is 0.102. The number of nitriles is 1. The second kappa shape index (κ2) is 10.8. The van der Waals surface area contributed by atoms with Crippen molar-refractivity contribution in [3.05, 3.63) is 82.5 Å². The Kier molecular flexibility index (Phi) is 7.36. The number of aryl methyl sites for hydroxylation is 1. The Labute approximate surface area is 214 Å². The number of anilines is 2. The molecule has 0 aliphatic carbocycles. The fraction of sp³-hybridized carbons (Fsp3) is 0.125. The summed E-state index contributed by atoms with van der Waals surface area (Å²) < 4.78 is 20.1. The molecule has 37 heavy (non-hydrogen) atoms. The molecule has 0 spiro atoms. The van der Waals surface area contributed by atoms with Gasteiger partial charge in [0, 0.05) is 24.5 Å². The van der Waals surface area contributed by atoms with Gasteiger partial charge in [-0.3, -0.25) is 15.1 Å². The maximum atomic E-state index is 13.5. The van der Waals surface area contributed by atoms with E-state index in [2.05, 4.69) is 30.9 Å². The molecule has 0 radical (unpaired) electrons. The summed E-state index contributed by atoms with van der Waals surface area (Å²) in [6.45, 7) is 1.52. The zero-order chi connectivity index (χ0) is 26.5. The first-order valence-corrected chi connectivity index (χ1v) is 11.1. The van der Waals surface area contributed by atoms with Crippen molar-refractivity contribution in [1.82, 2.24) is 25.0 Å². The number of pyridine rings is 2. The van der Waals surface area contributed by atoms with Gasteiger partial charge in [0.2, 0.25) is 0 Å². The summed E-state index contributed by atoms with van der Waals surface area (Å²) in [5.41, 5.74) is 2.06. The fourth-order valence-corrected chi connectivity index (χ4v) is 3.50. The quantitative estimate of drug-likeness (QED) is 0.353. The number of nitrogens with zero attached hydrogens (tertiary/aromatic N) is 6. The van der Waals surface area contributed by atoms with Crippen molar-refractivity contribution in [3.8, 4) is 17.5 Å². The second-order valence-corrected chi connectivity index (χ2v) is 8.05. The lowest BCUT2D eigenvalue weighted by Gasteiger charge is -2.15. The van der Waals surface area contributed by atoms with Gasteiger partial charge in [-0.25, -0.2) is 18.9 Å². The molecule has 2 amide bonds. The van der Waals surface area contributed by atoms with E-state index in [1.165, 1.54) is 17.8 Å². The van der Waals surface area contributed by atoms with Crippen molar-refractivity contribution in [2.24, 2.45) is 7.05 Å². The SMILES string of the molecule is C[C@@H](OC(=O)Nc1c(-c2ccc(C(=O)Nc3ccc(C#N)cc3)cn2)nnn1C)c1cc(F)cnc1Cl. The normalized spacial score (nSPS) is 11.3. The summed E-state index contributed by atoms with van der Waals surface area (Å²) in [7, 11) is 1.56. The average molecular weight is 521 g/mol. The van der Waals surface area contributed by atoms with Gasteiger partial charge in [-0.05, 0) is 49.4 Å². The van der Waals surface area contributed by atoms with Crippen molar-refractivity contribution in [1.29, 1.82) is 5.26 Å². The molecule has 3 aromatic heterocycles. The fourth-order valence-electron chi connectivity index (χ4n) is 3.24. The molecule has 0 aliphatic rings. The summed E-state index contributed by atoms with van der Waals surface area (Å²) in [5, 5.41) is 22.1. The minimum absolute atomic E-state index is 0.0112. The molecule has 0 saturated heterocycles. The number of carbonyl (C=O) groups excluding carboxylic acids is 2. The van der Waals surface area contributed by atoms with Gasteiger partial charge in [0.15, 0.2) is 11.5 Å². The number of halogens is 2. The maximum Gasteiger partial charge on any atom is 0.413 e. The predicted molar refractivity (Wildman–Crippen MR) is 131 cm³/mol. The number of nitrogens with one attached hydrogen (secondary N) is 2. The van der Waals surface area contributed by atoms with Crippen LogP contribution in [0.4, 0.5) is 20.7 Å². The van der Waals surface area contributed by atoms with E-state index in [4.69, 9.17) is 21.6 Å². The lowest BCUT2D eigenvalue weighted by atomic mass is 10.2. The molecule has 0 unspecified atom stereocenters. The molecule has 1 atom stereocenters. The van der Waals surface area contributed by atoms with E-state index < -0.39 is 23.9 Å². The van der Waals surface area contributed by atoms with Gasteiger partial charge in [-0.15, -0.1) is 5.10 Å². The van der Waals surface area contributed by atoms with Crippen LogP contribution in [0.2, 0.25) is 5.15 Å². The molecule has 11 nitrogen and oxygen atoms in total. The van der Waals surface area contributed by atoms with E-state index >= 15 is 0 Å². The highest BCUT2D eigenvalue weighted by Crippen LogP contribution is 2.27. The number of rotatable bonds is 6. The Bertz CT molecular complexity index is 1500. The van der Waals surface area contributed by atoms with Gasteiger partial charge < -0.3 is 10.1 Å². The first-order valence-electron chi connectivity index (χ1n) is 10.7. The number of hydrogen-bond acceptors (Lipinski definition) is 8. The molecular weight excluding hydrogens is 503 g/mol. The van der Waals surface area contributed by atoms with Gasteiger partial charge in [-0.1, -0.05) is 16.8 Å². The molecule has 186 valence electrons. The van der Waals surface area contributed by atoms with Crippen LogP contribution in [-0.2, 0) is 11.8 Å². The highest BCUT2D eigenvalue weighted by Gasteiger charge is 2.21. The third-order valence-corrected chi connectivity index (χ3v) is 5.46.